The van der Waals surface area contributed by atoms with Gasteiger partial charge in [0, 0.05) is 31.8 Å². The lowest BCUT2D eigenvalue weighted by Gasteiger charge is -2.57. The highest BCUT2D eigenvalue weighted by molar-refractivity contribution is 5.88. The summed E-state index contributed by atoms with van der Waals surface area (Å²) in [5.41, 5.74) is 1.70. The highest BCUT2D eigenvalue weighted by atomic mass is 16.5. The van der Waals surface area contributed by atoms with E-state index in [1.807, 2.05) is 6.08 Å². The molecule has 4 bridgehead atoms. The zero-order valence-corrected chi connectivity index (χ0v) is 15.9. The highest BCUT2D eigenvalue weighted by Gasteiger charge is 2.51. The normalized spacial score (nSPS) is 39.4. The lowest BCUT2D eigenvalue weighted by molar-refractivity contribution is -0.117. The van der Waals surface area contributed by atoms with Crippen LogP contribution in [0.5, 0.6) is 0 Å². The molecule has 4 saturated carbocycles. The van der Waals surface area contributed by atoms with Crippen LogP contribution in [0.1, 0.15) is 52.4 Å². The number of morpholine rings is 1. The van der Waals surface area contributed by atoms with E-state index in [1.54, 1.807) is 0 Å². The van der Waals surface area contributed by atoms with Crippen LogP contribution in [0.25, 0.3) is 0 Å². The first-order valence-electron chi connectivity index (χ1n) is 10.3. The molecule has 5 rings (SSSR count). The molecule has 5 aliphatic rings. The summed E-state index contributed by atoms with van der Waals surface area (Å²) in [5, 5.41) is 3.14. The van der Waals surface area contributed by atoms with E-state index in [0.29, 0.717) is 11.5 Å². The molecule has 140 valence electrons. The van der Waals surface area contributed by atoms with E-state index in [4.69, 9.17) is 4.74 Å². The van der Waals surface area contributed by atoms with Crippen molar-refractivity contribution in [2.24, 2.45) is 23.2 Å². The molecule has 0 aromatic carbocycles. The van der Waals surface area contributed by atoms with Gasteiger partial charge in [-0.1, -0.05) is 5.57 Å². The number of nitrogens with zero attached hydrogens (tertiary/aromatic N) is 1. The lowest BCUT2D eigenvalue weighted by Crippen LogP contribution is -2.48. The third-order valence-electron chi connectivity index (χ3n) is 7.46. The minimum absolute atomic E-state index is 0.105. The van der Waals surface area contributed by atoms with Crippen LogP contribution in [0, 0.1) is 23.2 Å². The molecule has 0 unspecified atom stereocenters. The zero-order chi connectivity index (χ0) is 17.4. The summed E-state index contributed by atoms with van der Waals surface area (Å²) in [6, 6.07) is 0.376. The maximum atomic E-state index is 12.5. The number of hydrogen-bond donors (Lipinski definition) is 1. The highest BCUT2D eigenvalue weighted by Crippen LogP contribution is 2.62. The Hall–Kier alpha value is -0.870. The quantitative estimate of drug-likeness (QED) is 0.778. The fraction of sp³-hybridized carbons (Fsp3) is 0.857. The molecule has 25 heavy (non-hydrogen) atoms. The van der Waals surface area contributed by atoms with Crippen molar-refractivity contribution in [3.05, 3.63) is 11.6 Å². The van der Waals surface area contributed by atoms with Crippen molar-refractivity contribution in [2.45, 2.75) is 58.4 Å². The minimum Gasteiger partial charge on any atom is -0.379 e. The zero-order valence-electron chi connectivity index (χ0n) is 15.9. The second-order valence-corrected chi connectivity index (χ2v) is 9.27. The Labute approximate surface area is 152 Å². The molecule has 4 aliphatic carbocycles. The van der Waals surface area contributed by atoms with E-state index in [9.17, 15) is 4.79 Å². The third-order valence-corrected chi connectivity index (χ3v) is 7.46. The van der Waals surface area contributed by atoms with E-state index in [0.717, 1.165) is 50.6 Å². The van der Waals surface area contributed by atoms with E-state index in [2.05, 4.69) is 24.1 Å². The Balaban J connectivity index is 1.33. The first-order valence-corrected chi connectivity index (χ1v) is 10.3. The first kappa shape index (κ1) is 17.5. The molecule has 0 spiro atoms. The molecule has 0 aromatic rings. The Bertz CT molecular complexity index is 501. The predicted octanol–water partition coefficient (Wildman–Crippen LogP) is 2.99. The standard InChI is InChI=1S/C21H34N2O2/c1-15(21-11-17-8-18(12-21)10-19(9-17)13-21)7-20(24)22-14-16(2)23-3-5-25-6-4-23/h7,16-19H,3-6,8-14H2,1-2H3,(H,22,24)/b15-7+/t16-,17?,18?,19?,21?/m0/s1. The van der Waals surface area contributed by atoms with Gasteiger partial charge in [0.2, 0.25) is 5.91 Å². The Morgan fingerprint density at radius 3 is 2.28 bits per heavy atom. The number of carbonyl (C=O) groups is 1. The second kappa shape index (κ2) is 7.03. The van der Waals surface area contributed by atoms with Gasteiger partial charge in [-0.15, -0.1) is 0 Å². The topological polar surface area (TPSA) is 41.6 Å². The molecule has 1 saturated heterocycles. The first-order chi connectivity index (χ1) is 12.0. The molecule has 1 atom stereocenters. The van der Waals surface area contributed by atoms with E-state index in [1.165, 1.54) is 44.1 Å². The number of hydrogen-bond acceptors (Lipinski definition) is 3. The van der Waals surface area contributed by atoms with Crippen molar-refractivity contribution in [3.63, 3.8) is 0 Å². The Morgan fingerprint density at radius 2 is 1.72 bits per heavy atom. The van der Waals surface area contributed by atoms with Crippen molar-refractivity contribution in [3.8, 4) is 0 Å². The molecule has 1 heterocycles. The summed E-state index contributed by atoms with van der Waals surface area (Å²) in [7, 11) is 0. The van der Waals surface area contributed by atoms with Gasteiger partial charge in [0.1, 0.15) is 0 Å². The van der Waals surface area contributed by atoms with Gasteiger partial charge in [-0.2, -0.15) is 0 Å². The molecule has 5 fully saturated rings. The molecule has 1 amide bonds. The number of rotatable bonds is 5. The molecule has 0 aromatic heterocycles. The van der Waals surface area contributed by atoms with Crippen molar-refractivity contribution >= 4 is 5.91 Å². The number of nitrogens with one attached hydrogen (secondary N) is 1. The summed E-state index contributed by atoms with van der Waals surface area (Å²) >= 11 is 0. The number of allylic oxidation sites excluding steroid dienone is 1. The minimum atomic E-state index is 0.105. The number of carbonyl (C=O) groups excluding carboxylic acids is 1. The number of amides is 1. The lowest BCUT2D eigenvalue weighted by atomic mass is 9.48. The van der Waals surface area contributed by atoms with Crippen molar-refractivity contribution in [2.75, 3.05) is 32.8 Å². The molecule has 4 heteroatoms. The van der Waals surface area contributed by atoms with Gasteiger partial charge in [-0.05, 0) is 75.5 Å². The monoisotopic (exact) mass is 346 g/mol. The van der Waals surface area contributed by atoms with Crippen LogP contribution in [0.2, 0.25) is 0 Å². The molecular formula is C21H34N2O2. The van der Waals surface area contributed by atoms with Gasteiger partial charge in [-0.25, -0.2) is 0 Å². The van der Waals surface area contributed by atoms with Crippen LogP contribution < -0.4 is 5.32 Å². The van der Waals surface area contributed by atoms with E-state index >= 15 is 0 Å². The Morgan fingerprint density at radius 1 is 1.16 bits per heavy atom. The maximum Gasteiger partial charge on any atom is 0.243 e. The second-order valence-electron chi connectivity index (χ2n) is 9.27. The summed E-state index contributed by atoms with van der Waals surface area (Å²) in [6.45, 7) is 8.70. The van der Waals surface area contributed by atoms with Crippen LogP contribution in [0.4, 0.5) is 0 Å². The van der Waals surface area contributed by atoms with Gasteiger partial charge in [0.25, 0.3) is 0 Å². The maximum absolute atomic E-state index is 12.5. The summed E-state index contributed by atoms with van der Waals surface area (Å²) in [6.07, 6.45) is 10.3. The SMILES string of the molecule is C/C(=C\C(=O)NC[C@H](C)N1CCOCC1)C12CC3CC(CC(C3)C1)C2. The van der Waals surface area contributed by atoms with Crippen molar-refractivity contribution < 1.29 is 9.53 Å². The Kier molecular flexibility index (Phi) is 4.93. The fourth-order valence-corrected chi connectivity index (χ4v) is 6.39. The van der Waals surface area contributed by atoms with E-state index < -0.39 is 0 Å². The number of ether oxygens (including phenoxy) is 1. The molecule has 1 aliphatic heterocycles. The summed E-state index contributed by atoms with van der Waals surface area (Å²) < 4.78 is 5.41. The average Bonchev–Trinajstić information content (AvgIpc) is 2.59. The smallest absolute Gasteiger partial charge is 0.243 e. The largest absolute Gasteiger partial charge is 0.379 e. The van der Waals surface area contributed by atoms with Gasteiger partial charge < -0.3 is 10.1 Å². The van der Waals surface area contributed by atoms with E-state index in [-0.39, 0.29) is 5.91 Å². The van der Waals surface area contributed by atoms with Crippen LogP contribution in [0.3, 0.4) is 0 Å². The van der Waals surface area contributed by atoms with Gasteiger partial charge >= 0.3 is 0 Å². The van der Waals surface area contributed by atoms with Crippen molar-refractivity contribution in [1.82, 2.24) is 10.2 Å². The molecule has 4 nitrogen and oxygen atoms in total. The van der Waals surface area contributed by atoms with Crippen LogP contribution in [-0.2, 0) is 9.53 Å². The van der Waals surface area contributed by atoms with Crippen molar-refractivity contribution in [1.29, 1.82) is 0 Å². The average molecular weight is 347 g/mol. The van der Waals surface area contributed by atoms with Crippen LogP contribution >= 0.6 is 0 Å². The summed E-state index contributed by atoms with van der Waals surface area (Å²) in [4.78, 5) is 14.9. The van der Waals surface area contributed by atoms with Crippen LogP contribution in [0.15, 0.2) is 11.6 Å². The van der Waals surface area contributed by atoms with Crippen LogP contribution in [-0.4, -0.2) is 49.7 Å². The molecular weight excluding hydrogens is 312 g/mol. The van der Waals surface area contributed by atoms with Gasteiger partial charge in [0.15, 0.2) is 0 Å². The van der Waals surface area contributed by atoms with Gasteiger partial charge in [-0.3, -0.25) is 9.69 Å². The summed E-state index contributed by atoms with van der Waals surface area (Å²) in [5.74, 6) is 2.89. The fourth-order valence-electron chi connectivity index (χ4n) is 6.39. The predicted molar refractivity (Wildman–Crippen MR) is 99.2 cm³/mol. The third kappa shape index (κ3) is 3.66. The van der Waals surface area contributed by atoms with Gasteiger partial charge in [0.05, 0.1) is 13.2 Å². The molecule has 1 N–H and O–H groups in total. The molecule has 0 radical (unpaired) electrons.